The van der Waals surface area contributed by atoms with Crippen LogP contribution in [0.1, 0.15) is 6.42 Å². The first-order valence-electron chi connectivity index (χ1n) is 6.15. The number of rotatable bonds is 3. The van der Waals surface area contributed by atoms with E-state index in [0.717, 1.165) is 0 Å². The van der Waals surface area contributed by atoms with Crippen LogP contribution in [0.5, 0.6) is 0 Å². The predicted molar refractivity (Wildman–Crippen MR) is 71.9 cm³/mol. The molecule has 1 aliphatic carbocycles. The lowest BCUT2D eigenvalue weighted by atomic mass is 9.82. The van der Waals surface area contributed by atoms with E-state index in [1.807, 2.05) is 6.08 Å². The van der Waals surface area contributed by atoms with E-state index in [1.54, 1.807) is 0 Å². The number of ether oxygens (including phenoxy) is 2. The van der Waals surface area contributed by atoms with Gasteiger partial charge in [0, 0.05) is 0 Å². The summed E-state index contributed by atoms with van der Waals surface area (Å²) in [5.74, 6) is -1.44. The Balaban J connectivity index is 3.12. The molecule has 0 aromatic carbocycles. The lowest BCUT2D eigenvalue weighted by Crippen LogP contribution is -2.44. The van der Waals surface area contributed by atoms with Gasteiger partial charge in [-0.1, -0.05) is 31.8 Å². The third kappa shape index (κ3) is 3.01. The number of carbonyl (C=O) groups excluding carboxylic acids is 2. The number of allylic oxidation sites excluding steroid dienone is 2. The van der Waals surface area contributed by atoms with Gasteiger partial charge in [0.25, 0.3) is 0 Å². The van der Waals surface area contributed by atoms with Crippen LogP contribution < -0.4 is 0 Å². The van der Waals surface area contributed by atoms with Crippen molar-refractivity contribution in [3.05, 3.63) is 12.2 Å². The molecule has 0 aromatic heterocycles. The molecular weight excluding hydrogens is 248 g/mol. The molecule has 0 aliphatic heterocycles. The quantitative estimate of drug-likeness (QED) is 0.448. The van der Waals surface area contributed by atoms with E-state index in [1.165, 1.54) is 14.2 Å². The van der Waals surface area contributed by atoms with Gasteiger partial charge < -0.3 is 9.47 Å². The number of hydrogen-bond donors (Lipinski definition) is 0. The third-order valence-electron chi connectivity index (χ3n) is 3.53. The lowest BCUT2D eigenvalue weighted by Gasteiger charge is -2.37. The van der Waals surface area contributed by atoms with Crippen LogP contribution in [-0.4, -0.2) is 34.2 Å². The topological polar surface area (TPSA) is 52.6 Å². The molecule has 0 N–H and O–H groups in total. The van der Waals surface area contributed by atoms with Gasteiger partial charge >= 0.3 is 11.9 Å². The van der Waals surface area contributed by atoms with Gasteiger partial charge in [0.1, 0.15) is 0 Å². The first-order valence-corrected chi connectivity index (χ1v) is 9.73. The number of carbonyl (C=O) groups is 2. The van der Waals surface area contributed by atoms with Gasteiger partial charge in [-0.25, -0.2) is 0 Å². The van der Waals surface area contributed by atoms with Crippen LogP contribution in [0.15, 0.2) is 12.2 Å². The van der Waals surface area contributed by atoms with Crippen molar-refractivity contribution in [1.82, 2.24) is 0 Å². The Bertz CT molecular complexity index is 356. The third-order valence-corrected chi connectivity index (χ3v) is 6.08. The summed E-state index contributed by atoms with van der Waals surface area (Å²) < 4.78 is 9.69. The Morgan fingerprint density at radius 3 is 2.11 bits per heavy atom. The average Bonchev–Trinajstić information content (AvgIpc) is 2.34. The zero-order valence-corrected chi connectivity index (χ0v) is 12.7. The van der Waals surface area contributed by atoms with Gasteiger partial charge in [-0.3, -0.25) is 9.59 Å². The Morgan fingerprint density at radius 1 is 1.11 bits per heavy atom. The minimum Gasteiger partial charge on any atom is -0.469 e. The minimum atomic E-state index is -1.59. The molecular formula is C13H22O4Si. The SMILES string of the molecule is COC(=O)[C@@H]1[C@H](C(=O)OC)CC=C[C@@H]1[Si](C)(C)C. The molecule has 0 spiro atoms. The smallest absolute Gasteiger partial charge is 0.309 e. The van der Waals surface area contributed by atoms with Crippen LogP contribution in [0.4, 0.5) is 0 Å². The molecule has 0 bridgehead atoms. The maximum atomic E-state index is 12.0. The van der Waals surface area contributed by atoms with Crippen LogP contribution >= 0.6 is 0 Å². The van der Waals surface area contributed by atoms with Crippen molar-refractivity contribution in [2.45, 2.75) is 31.6 Å². The van der Waals surface area contributed by atoms with E-state index in [4.69, 9.17) is 9.47 Å². The summed E-state index contributed by atoms with van der Waals surface area (Å²) in [5.41, 5.74) is 0.114. The highest BCUT2D eigenvalue weighted by Crippen LogP contribution is 2.42. The molecule has 5 heteroatoms. The normalized spacial score (nSPS) is 27.7. The van der Waals surface area contributed by atoms with Gasteiger partial charge in [0.05, 0.1) is 34.1 Å². The summed E-state index contributed by atoms with van der Waals surface area (Å²) in [5, 5.41) is 0. The van der Waals surface area contributed by atoms with Crippen LogP contribution in [0, 0.1) is 11.8 Å². The van der Waals surface area contributed by atoms with Gasteiger partial charge in [0.2, 0.25) is 0 Å². The molecule has 0 fully saturated rings. The first kappa shape index (κ1) is 15.0. The van der Waals surface area contributed by atoms with Crippen molar-refractivity contribution >= 4 is 20.0 Å². The highest BCUT2D eigenvalue weighted by Gasteiger charge is 2.46. The van der Waals surface area contributed by atoms with Gasteiger partial charge in [0.15, 0.2) is 0 Å². The fraction of sp³-hybridized carbons (Fsp3) is 0.692. The van der Waals surface area contributed by atoms with Crippen LogP contribution in [0.25, 0.3) is 0 Å². The van der Waals surface area contributed by atoms with E-state index >= 15 is 0 Å². The molecule has 18 heavy (non-hydrogen) atoms. The molecule has 102 valence electrons. The summed E-state index contributed by atoms with van der Waals surface area (Å²) in [4.78, 5) is 23.8. The van der Waals surface area contributed by atoms with Crippen LogP contribution in [0.2, 0.25) is 25.2 Å². The van der Waals surface area contributed by atoms with E-state index in [-0.39, 0.29) is 17.5 Å². The summed E-state index contributed by atoms with van der Waals surface area (Å²) >= 11 is 0. The first-order chi connectivity index (χ1) is 8.32. The molecule has 1 rings (SSSR count). The number of esters is 2. The molecule has 3 atom stereocenters. The highest BCUT2D eigenvalue weighted by molar-refractivity contribution is 6.78. The van der Waals surface area contributed by atoms with Gasteiger partial charge in [-0.2, -0.15) is 0 Å². The lowest BCUT2D eigenvalue weighted by molar-refractivity contribution is -0.157. The Hall–Kier alpha value is -1.10. The fourth-order valence-electron chi connectivity index (χ4n) is 2.56. The zero-order chi connectivity index (χ0) is 13.9. The largest absolute Gasteiger partial charge is 0.469 e. The van der Waals surface area contributed by atoms with Gasteiger partial charge in [-0.05, 0) is 12.0 Å². The summed E-state index contributed by atoms with van der Waals surface area (Å²) in [6, 6.07) is 0. The Morgan fingerprint density at radius 2 is 1.67 bits per heavy atom. The van der Waals surface area contributed by atoms with Crippen molar-refractivity contribution in [1.29, 1.82) is 0 Å². The highest BCUT2D eigenvalue weighted by atomic mass is 28.3. The van der Waals surface area contributed by atoms with Crippen molar-refractivity contribution in [2.24, 2.45) is 11.8 Å². The molecule has 0 saturated carbocycles. The Labute approximate surface area is 109 Å². The molecule has 0 heterocycles. The number of hydrogen-bond acceptors (Lipinski definition) is 4. The van der Waals surface area contributed by atoms with E-state index in [9.17, 15) is 9.59 Å². The van der Waals surface area contributed by atoms with Crippen molar-refractivity contribution in [2.75, 3.05) is 14.2 Å². The van der Waals surface area contributed by atoms with E-state index in [0.29, 0.717) is 6.42 Å². The summed E-state index contributed by atoms with van der Waals surface area (Å²) in [7, 11) is 1.14. The second kappa shape index (κ2) is 5.69. The second-order valence-corrected chi connectivity index (χ2v) is 11.1. The molecule has 0 saturated heterocycles. The zero-order valence-electron chi connectivity index (χ0n) is 11.7. The molecule has 4 nitrogen and oxygen atoms in total. The van der Waals surface area contributed by atoms with Crippen molar-refractivity contribution < 1.29 is 19.1 Å². The molecule has 0 radical (unpaired) electrons. The van der Waals surface area contributed by atoms with E-state index in [2.05, 4.69) is 25.7 Å². The maximum Gasteiger partial charge on any atom is 0.309 e. The predicted octanol–water partition coefficient (Wildman–Crippen LogP) is 2.23. The molecule has 0 aromatic rings. The maximum absolute atomic E-state index is 12.0. The van der Waals surface area contributed by atoms with Gasteiger partial charge in [-0.15, -0.1) is 0 Å². The van der Waals surface area contributed by atoms with E-state index < -0.39 is 19.9 Å². The fourth-order valence-corrected chi connectivity index (χ4v) is 4.72. The minimum absolute atomic E-state index is 0.114. The second-order valence-electron chi connectivity index (χ2n) is 5.73. The Kier molecular flexibility index (Phi) is 4.73. The van der Waals surface area contributed by atoms with Crippen molar-refractivity contribution in [3.63, 3.8) is 0 Å². The molecule has 1 aliphatic rings. The monoisotopic (exact) mass is 270 g/mol. The van der Waals surface area contributed by atoms with Crippen LogP contribution in [-0.2, 0) is 19.1 Å². The average molecular weight is 270 g/mol. The molecule has 0 unspecified atom stereocenters. The standard InChI is InChI=1S/C13H22O4Si/c1-16-12(14)9-7-6-8-10(18(3,4)5)11(9)13(15)17-2/h6,8-11H,7H2,1-5H3/t9-,10+,11-/m1/s1. The number of methoxy groups -OCH3 is 2. The van der Waals surface area contributed by atoms with Crippen LogP contribution in [0.3, 0.4) is 0 Å². The van der Waals surface area contributed by atoms with Crippen molar-refractivity contribution in [3.8, 4) is 0 Å². The molecule has 0 amide bonds. The summed E-state index contributed by atoms with van der Waals surface area (Å²) in [6.45, 7) is 6.58. The summed E-state index contributed by atoms with van der Waals surface area (Å²) in [6.07, 6.45) is 4.62.